The Hall–Kier alpha value is -1.39. The van der Waals surface area contributed by atoms with Gasteiger partial charge in [-0.2, -0.15) is 0 Å². The number of benzene rings is 1. The number of ketones is 1. The van der Waals surface area contributed by atoms with E-state index in [1.54, 1.807) is 12.1 Å². The van der Waals surface area contributed by atoms with Crippen molar-refractivity contribution in [2.24, 2.45) is 0 Å². The van der Waals surface area contributed by atoms with Gasteiger partial charge in [0.25, 0.3) is 0 Å². The van der Waals surface area contributed by atoms with Crippen molar-refractivity contribution < 1.29 is 19.0 Å². The molecule has 0 bridgehead atoms. The molecule has 0 radical (unpaired) electrons. The first-order chi connectivity index (χ1) is 8.10. The molecule has 0 N–H and O–H groups in total. The van der Waals surface area contributed by atoms with Gasteiger partial charge in [-0.1, -0.05) is 12.1 Å². The molecule has 1 aliphatic rings. The van der Waals surface area contributed by atoms with E-state index in [4.69, 9.17) is 14.2 Å². The summed E-state index contributed by atoms with van der Waals surface area (Å²) in [5.41, 5.74) is -0.162. The second-order valence-electron chi connectivity index (χ2n) is 4.31. The van der Waals surface area contributed by atoms with Gasteiger partial charge in [0.15, 0.2) is 17.7 Å². The van der Waals surface area contributed by atoms with Crippen LogP contribution in [0.4, 0.5) is 0 Å². The highest BCUT2D eigenvalue weighted by Crippen LogP contribution is 2.35. The Morgan fingerprint density at radius 1 is 1.29 bits per heavy atom. The molecule has 1 unspecified atom stereocenters. The first-order valence-corrected chi connectivity index (χ1v) is 5.47. The molecule has 0 fully saturated rings. The first kappa shape index (κ1) is 12.1. The second kappa shape index (κ2) is 4.47. The molecular formula is C13H16O4. The van der Waals surface area contributed by atoms with Gasteiger partial charge in [-0.25, -0.2) is 0 Å². The molecule has 2 rings (SSSR count). The Morgan fingerprint density at radius 2 is 1.94 bits per heavy atom. The Morgan fingerprint density at radius 3 is 2.59 bits per heavy atom. The molecule has 0 aromatic heterocycles. The van der Waals surface area contributed by atoms with Crippen LogP contribution in [0.25, 0.3) is 0 Å². The van der Waals surface area contributed by atoms with Crippen molar-refractivity contribution in [1.82, 2.24) is 0 Å². The average Bonchev–Trinajstić information content (AvgIpc) is 2.30. The van der Waals surface area contributed by atoms with Gasteiger partial charge in [-0.05, 0) is 19.1 Å². The van der Waals surface area contributed by atoms with Gasteiger partial charge in [-0.15, -0.1) is 0 Å². The number of carbonyl (C=O) groups excluding carboxylic acids is 1. The fourth-order valence-corrected chi connectivity index (χ4v) is 2.21. The van der Waals surface area contributed by atoms with Crippen LogP contribution in [0.1, 0.15) is 23.7 Å². The summed E-state index contributed by atoms with van der Waals surface area (Å²) in [7, 11) is 3.07. The van der Waals surface area contributed by atoms with E-state index in [0.717, 1.165) is 0 Å². The van der Waals surface area contributed by atoms with Crippen LogP contribution in [0.5, 0.6) is 5.75 Å². The quantitative estimate of drug-likeness (QED) is 0.753. The monoisotopic (exact) mass is 236 g/mol. The van der Waals surface area contributed by atoms with Gasteiger partial charge in [0.05, 0.1) is 12.0 Å². The Labute approximate surface area is 100 Å². The minimum Gasteiger partial charge on any atom is -0.481 e. The third kappa shape index (κ3) is 2.06. The highest BCUT2D eigenvalue weighted by molar-refractivity contribution is 6.00. The number of ether oxygens (including phenoxy) is 3. The van der Waals surface area contributed by atoms with Crippen molar-refractivity contribution in [2.45, 2.75) is 25.2 Å². The van der Waals surface area contributed by atoms with Crippen molar-refractivity contribution in [2.75, 3.05) is 14.2 Å². The molecule has 0 saturated heterocycles. The van der Waals surface area contributed by atoms with Gasteiger partial charge < -0.3 is 14.2 Å². The molecule has 4 heteroatoms. The van der Waals surface area contributed by atoms with E-state index in [0.29, 0.717) is 11.3 Å². The summed E-state index contributed by atoms with van der Waals surface area (Å²) in [6.45, 7) is 1.82. The minimum atomic E-state index is -0.783. The third-order valence-electron chi connectivity index (χ3n) is 2.97. The fourth-order valence-electron chi connectivity index (χ4n) is 2.21. The van der Waals surface area contributed by atoms with E-state index >= 15 is 0 Å². The number of rotatable bonds is 3. The lowest BCUT2D eigenvalue weighted by Crippen LogP contribution is -2.50. The standard InChI is InChI=1S/C13H16O4/c1-13(12(15-2)16-3)8-10(14)9-6-4-5-7-11(9)17-13/h4-7,12H,8H2,1-3H3. The van der Waals surface area contributed by atoms with Crippen LogP contribution >= 0.6 is 0 Å². The zero-order valence-electron chi connectivity index (χ0n) is 10.2. The summed E-state index contributed by atoms with van der Waals surface area (Å²) in [6, 6.07) is 7.22. The number of Topliss-reactive ketones (excluding diaryl/α,β-unsaturated/α-hetero) is 1. The van der Waals surface area contributed by atoms with E-state index < -0.39 is 11.9 Å². The molecule has 4 nitrogen and oxygen atoms in total. The summed E-state index contributed by atoms with van der Waals surface area (Å²) in [5, 5.41) is 0. The van der Waals surface area contributed by atoms with E-state index in [1.165, 1.54) is 14.2 Å². The largest absolute Gasteiger partial charge is 0.481 e. The zero-order valence-corrected chi connectivity index (χ0v) is 10.2. The topological polar surface area (TPSA) is 44.8 Å². The average molecular weight is 236 g/mol. The van der Waals surface area contributed by atoms with E-state index in [-0.39, 0.29) is 12.2 Å². The molecule has 1 aliphatic heterocycles. The van der Waals surface area contributed by atoms with Crippen molar-refractivity contribution in [1.29, 1.82) is 0 Å². The highest BCUT2D eigenvalue weighted by Gasteiger charge is 2.43. The van der Waals surface area contributed by atoms with Crippen molar-refractivity contribution in [3.63, 3.8) is 0 Å². The van der Waals surface area contributed by atoms with Crippen LogP contribution in [-0.2, 0) is 9.47 Å². The van der Waals surface area contributed by atoms with E-state index in [9.17, 15) is 4.79 Å². The van der Waals surface area contributed by atoms with Gasteiger partial charge in [0.1, 0.15) is 5.75 Å². The number of hydrogen-bond donors (Lipinski definition) is 0. The summed E-state index contributed by atoms with van der Waals surface area (Å²) >= 11 is 0. The summed E-state index contributed by atoms with van der Waals surface area (Å²) in [6.07, 6.45) is -0.323. The molecule has 1 atom stereocenters. The summed E-state index contributed by atoms with van der Waals surface area (Å²) in [4.78, 5) is 12.0. The third-order valence-corrected chi connectivity index (χ3v) is 2.97. The number of para-hydroxylation sites is 1. The number of methoxy groups -OCH3 is 2. The summed E-state index contributed by atoms with van der Waals surface area (Å²) in [5.74, 6) is 0.638. The Bertz CT molecular complexity index is 425. The molecule has 1 aromatic carbocycles. The predicted octanol–water partition coefficient (Wildman–Crippen LogP) is 2.03. The minimum absolute atomic E-state index is 0.0495. The molecular weight excluding hydrogens is 220 g/mol. The molecule has 92 valence electrons. The van der Waals surface area contributed by atoms with Crippen LogP contribution < -0.4 is 4.74 Å². The van der Waals surface area contributed by atoms with E-state index in [1.807, 2.05) is 19.1 Å². The first-order valence-electron chi connectivity index (χ1n) is 5.47. The lowest BCUT2D eigenvalue weighted by molar-refractivity contribution is -0.197. The van der Waals surface area contributed by atoms with Gasteiger partial charge in [-0.3, -0.25) is 4.79 Å². The molecule has 0 amide bonds. The maximum atomic E-state index is 12.0. The molecule has 0 spiro atoms. The molecule has 17 heavy (non-hydrogen) atoms. The fraction of sp³-hybridized carbons (Fsp3) is 0.462. The van der Waals surface area contributed by atoms with Gasteiger partial charge in [0.2, 0.25) is 0 Å². The van der Waals surface area contributed by atoms with Crippen LogP contribution in [0.15, 0.2) is 24.3 Å². The normalized spacial score (nSPS) is 23.4. The summed E-state index contributed by atoms with van der Waals surface area (Å²) < 4.78 is 16.3. The van der Waals surface area contributed by atoms with Crippen molar-refractivity contribution >= 4 is 5.78 Å². The van der Waals surface area contributed by atoms with Crippen molar-refractivity contribution in [3.05, 3.63) is 29.8 Å². The molecule has 0 saturated carbocycles. The van der Waals surface area contributed by atoms with Crippen LogP contribution in [-0.4, -0.2) is 31.9 Å². The van der Waals surface area contributed by atoms with Crippen LogP contribution in [0, 0.1) is 0 Å². The number of fused-ring (bicyclic) bond motifs is 1. The van der Waals surface area contributed by atoms with Crippen LogP contribution in [0.3, 0.4) is 0 Å². The highest BCUT2D eigenvalue weighted by atomic mass is 16.7. The molecule has 1 heterocycles. The Kier molecular flexibility index (Phi) is 3.17. The maximum Gasteiger partial charge on any atom is 0.197 e. The lowest BCUT2D eigenvalue weighted by Gasteiger charge is -2.38. The predicted molar refractivity (Wildman–Crippen MR) is 62.2 cm³/mol. The van der Waals surface area contributed by atoms with E-state index in [2.05, 4.69) is 0 Å². The SMILES string of the molecule is COC(OC)C1(C)CC(=O)c2ccccc2O1. The number of carbonyl (C=O) groups is 1. The van der Waals surface area contributed by atoms with Gasteiger partial charge in [0, 0.05) is 14.2 Å². The maximum absolute atomic E-state index is 12.0. The number of hydrogen-bond acceptors (Lipinski definition) is 4. The smallest absolute Gasteiger partial charge is 0.197 e. The van der Waals surface area contributed by atoms with Crippen LogP contribution in [0.2, 0.25) is 0 Å². The second-order valence-corrected chi connectivity index (χ2v) is 4.31. The molecule has 0 aliphatic carbocycles. The zero-order chi connectivity index (χ0) is 12.5. The molecule has 1 aromatic rings. The van der Waals surface area contributed by atoms with Crippen molar-refractivity contribution in [3.8, 4) is 5.75 Å². The lowest BCUT2D eigenvalue weighted by atomic mass is 9.91. The Balaban J connectivity index is 2.36. The van der Waals surface area contributed by atoms with Gasteiger partial charge >= 0.3 is 0 Å².